The lowest BCUT2D eigenvalue weighted by Gasteiger charge is -2.31. The number of nitrogens with zero attached hydrogens (tertiary/aromatic N) is 2. The van der Waals surface area contributed by atoms with E-state index in [0.717, 1.165) is 47.9 Å². The van der Waals surface area contributed by atoms with Crippen molar-refractivity contribution in [1.82, 2.24) is 52.3 Å². The van der Waals surface area contributed by atoms with Gasteiger partial charge in [-0.3, -0.25) is 28.8 Å². The van der Waals surface area contributed by atoms with Gasteiger partial charge in [0.15, 0.2) is 0 Å². The Morgan fingerprint density at radius 1 is 0.618 bits per heavy atom. The van der Waals surface area contributed by atoms with Crippen molar-refractivity contribution in [1.29, 1.82) is 0 Å². The molecule has 2 aromatic carbocycles. The van der Waals surface area contributed by atoms with Crippen LogP contribution in [-0.2, 0) is 41.6 Å². The Kier molecular flexibility index (Phi) is 20.5. The molecule has 0 aromatic heterocycles. The minimum atomic E-state index is -1.13. The van der Waals surface area contributed by atoms with Gasteiger partial charge in [-0.1, -0.05) is 48.5 Å². The van der Waals surface area contributed by atoms with Crippen molar-refractivity contribution in [2.24, 2.45) is 0 Å². The van der Waals surface area contributed by atoms with Crippen molar-refractivity contribution in [2.75, 3.05) is 27.2 Å². The van der Waals surface area contributed by atoms with Gasteiger partial charge in [0.1, 0.15) is 24.2 Å². The molecule has 68 heavy (non-hydrogen) atoms. The molecule has 10 atom stereocenters. The summed E-state index contributed by atoms with van der Waals surface area (Å²) in [7, 11) is 3.23. The fourth-order valence-corrected chi connectivity index (χ4v) is 9.51. The molecule has 0 radical (unpaired) electrons. The SMILES string of the molecule is C#CC[C@H](NC(=O)[C@H](C)NC)C(=O)N1C[C@@H](NC(=O)N[C@H]2C[C@@H](C(=O)N[C@@H]3CCCc4ccccc43)N(C(=O)[C@H](CC#C)NC(=O)[C@H](C)NC)C2)C[C@H]1C(=O)N[C@@H]1CCCc2ccccc21.Cl.Cl. The van der Waals surface area contributed by atoms with Crippen LogP contribution in [0.2, 0.25) is 0 Å². The molecule has 2 saturated heterocycles. The van der Waals surface area contributed by atoms with Gasteiger partial charge in [-0.05, 0) is 102 Å². The molecule has 368 valence electrons. The second-order valence-electron chi connectivity index (χ2n) is 17.8. The number of amides is 8. The largest absolute Gasteiger partial charge is 0.347 e. The molecule has 2 aromatic rings. The summed E-state index contributed by atoms with van der Waals surface area (Å²) >= 11 is 0. The van der Waals surface area contributed by atoms with Gasteiger partial charge in [0.2, 0.25) is 35.4 Å². The van der Waals surface area contributed by atoms with Gasteiger partial charge in [-0.25, -0.2) is 4.79 Å². The second kappa shape index (κ2) is 25.5. The molecule has 2 aliphatic carbocycles. The molecule has 0 spiro atoms. The fourth-order valence-electron chi connectivity index (χ4n) is 9.51. The van der Waals surface area contributed by atoms with E-state index in [9.17, 15) is 33.6 Å². The minimum absolute atomic E-state index is 0. The zero-order chi connectivity index (χ0) is 47.5. The number of hydrogen-bond donors (Lipinski definition) is 8. The summed E-state index contributed by atoms with van der Waals surface area (Å²) in [5, 5.41) is 23.3. The van der Waals surface area contributed by atoms with Gasteiger partial charge in [-0.2, -0.15) is 0 Å². The molecule has 2 heterocycles. The Hall–Kier alpha value is -5.85. The highest BCUT2D eigenvalue weighted by Crippen LogP contribution is 2.32. The number of terminal acetylenes is 2. The molecule has 0 saturated carbocycles. The number of aryl methyl sites for hydroxylation is 2. The highest BCUT2D eigenvalue weighted by molar-refractivity contribution is 5.95. The van der Waals surface area contributed by atoms with Crippen LogP contribution in [0.3, 0.4) is 0 Å². The molecular formula is C49H66Cl2N10O7. The molecule has 2 fully saturated rings. The maximum atomic E-state index is 14.3. The molecular weight excluding hydrogens is 912 g/mol. The predicted octanol–water partition coefficient (Wildman–Crippen LogP) is 1.69. The number of carbonyl (C=O) groups is 7. The molecule has 19 heteroatoms. The lowest BCUT2D eigenvalue weighted by Crippen LogP contribution is -2.56. The fraction of sp³-hybridized carbons (Fsp3) is 0.531. The van der Waals surface area contributed by atoms with E-state index in [2.05, 4.69) is 54.4 Å². The molecule has 8 amide bonds. The number of likely N-dealkylation sites (tertiary alicyclic amines) is 2. The molecule has 4 aliphatic rings. The van der Waals surface area contributed by atoms with Gasteiger partial charge in [0, 0.05) is 25.9 Å². The maximum Gasteiger partial charge on any atom is 0.315 e. The first kappa shape index (κ1) is 54.8. The summed E-state index contributed by atoms with van der Waals surface area (Å²) in [6.45, 7) is 3.16. The quantitative estimate of drug-likeness (QED) is 0.115. The Labute approximate surface area is 411 Å². The number of nitrogens with one attached hydrogen (secondary N) is 8. The Morgan fingerprint density at radius 3 is 1.37 bits per heavy atom. The second-order valence-corrected chi connectivity index (χ2v) is 17.8. The summed E-state index contributed by atoms with van der Waals surface area (Å²) in [6.07, 6.45) is 16.1. The lowest BCUT2D eigenvalue weighted by atomic mass is 9.87. The first-order chi connectivity index (χ1) is 31.8. The van der Waals surface area contributed by atoms with Crippen molar-refractivity contribution >= 4 is 66.3 Å². The van der Waals surface area contributed by atoms with E-state index in [-0.39, 0.29) is 75.7 Å². The van der Waals surface area contributed by atoms with Crippen LogP contribution in [0.15, 0.2) is 48.5 Å². The zero-order valence-corrected chi connectivity index (χ0v) is 40.7. The van der Waals surface area contributed by atoms with E-state index in [1.807, 2.05) is 48.5 Å². The summed E-state index contributed by atoms with van der Waals surface area (Å²) in [5.74, 6) is 2.12. The number of hydrogen-bond acceptors (Lipinski definition) is 9. The number of rotatable bonds is 16. The van der Waals surface area contributed by atoms with Crippen LogP contribution >= 0.6 is 24.8 Å². The number of halogens is 2. The third kappa shape index (κ3) is 13.2. The molecule has 0 unspecified atom stereocenters. The number of urea groups is 1. The summed E-state index contributed by atoms with van der Waals surface area (Å²) < 4.78 is 0. The molecule has 17 nitrogen and oxygen atoms in total. The Bertz CT molecular complexity index is 2080. The zero-order valence-electron chi connectivity index (χ0n) is 39.1. The van der Waals surface area contributed by atoms with Crippen LogP contribution in [0.5, 0.6) is 0 Å². The lowest BCUT2D eigenvalue weighted by molar-refractivity contribution is -0.141. The van der Waals surface area contributed by atoms with Gasteiger partial charge < -0.3 is 52.3 Å². The Balaban J connectivity index is 0.00000504. The molecule has 6 rings (SSSR count). The van der Waals surface area contributed by atoms with E-state index >= 15 is 0 Å². The van der Waals surface area contributed by atoms with Crippen molar-refractivity contribution < 1.29 is 33.6 Å². The van der Waals surface area contributed by atoms with Crippen LogP contribution in [-0.4, -0.2) is 127 Å². The van der Waals surface area contributed by atoms with Gasteiger partial charge in [-0.15, -0.1) is 49.5 Å². The summed E-state index contributed by atoms with van der Waals surface area (Å²) in [4.78, 5) is 99.7. The van der Waals surface area contributed by atoms with Gasteiger partial charge in [0.05, 0.1) is 36.3 Å². The third-order valence-corrected chi connectivity index (χ3v) is 13.3. The van der Waals surface area contributed by atoms with Crippen molar-refractivity contribution in [3.63, 3.8) is 0 Å². The van der Waals surface area contributed by atoms with E-state index in [1.54, 1.807) is 27.9 Å². The van der Waals surface area contributed by atoms with E-state index in [4.69, 9.17) is 12.8 Å². The van der Waals surface area contributed by atoms with Crippen molar-refractivity contribution in [3.8, 4) is 24.7 Å². The van der Waals surface area contributed by atoms with Crippen molar-refractivity contribution in [3.05, 3.63) is 70.8 Å². The smallest absolute Gasteiger partial charge is 0.315 e. The minimum Gasteiger partial charge on any atom is -0.347 e. The van der Waals surface area contributed by atoms with Crippen LogP contribution in [0.1, 0.15) is 99.6 Å². The number of benzene rings is 2. The van der Waals surface area contributed by atoms with Crippen LogP contribution in [0, 0.1) is 24.7 Å². The average Bonchev–Trinajstić information content (AvgIpc) is 3.95. The standard InChI is InChI=1S/C49H64N10O7.2ClH/c1-7-15-39(56-43(60)29(3)50-5)47(64)58-27-33(25-41(58)45(62)54-37-23-13-19-31-17-9-11-21-35(31)37)52-49(66)53-34-26-42(46(63)55-38-24-14-20-32-18-10-12-22-36(32)38)59(28-34)48(65)40(16-8-2)57-44(61)30(4)51-6;;/h1-2,9-12,17-18,21-22,29-30,33-34,37-42,50-51H,13-16,19-20,23-28H2,3-6H3,(H,54,62)(H,55,63)(H,56,60)(H,57,61)(H2,52,53,66);2*1H/t29-,30-,33-,34-,37+,38+,39-,40-,41-,42-;;/m0../s1. The van der Waals surface area contributed by atoms with Crippen molar-refractivity contribution in [2.45, 2.75) is 138 Å². The third-order valence-electron chi connectivity index (χ3n) is 13.3. The maximum absolute atomic E-state index is 14.3. The van der Waals surface area contributed by atoms with Crippen LogP contribution in [0.25, 0.3) is 0 Å². The highest BCUT2D eigenvalue weighted by atomic mass is 35.5. The highest BCUT2D eigenvalue weighted by Gasteiger charge is 2.46. The van der Waals surface area contributed by atoms with E-state index in [1.165, 1.54) is 9.80 Å². The average molecular weight is 978 g/mol. The number of fused-ring (bicyclic) bond motifs is 2. The Morgan fingerprint density at radius 2 is 1.00 bits per heavy atom. The van der Waals surface area contributed by atoms with Gasteiger partial charge >= 0.3 is 6.03 Å². The van der Waals surface area contributed by atoms with E-state index in [0.29, 0.717) is 12.8 Å². The monoisotopic (exact) mass is 976 g/mol. The van der Waals surface area contributed by atoms with Crippen LogP contribution < -0.4 is 42.5 Å². The first-order valence-corrected chi connectivity index (χ1v) is 23.0. The number of likely N-dealkylation sites (N-methyl/N-ethyl adjacent to an activating group) is 2. The predicted molar refractivity (Wildman–Crippen MR) is 262 cm³/mol. The van der Waals surface area contributed by atoms with E-state index < -0.39 is 89.8 Å². The number of carbonyl (C=O) groups excluding carboxylic acids is 7. The van der Waals surface area contributed by atoms with Gasteiger partial charge in [0.25, 0.3) is 0 Å². The van der Waals surface area contributed by atoms with Crippen LogP contribution in [0.4, 0.5) is 4.79 Å². The summed E-state index contributed by atoms with van der Waals surface area (Å²) in [6, 6.07) is 7.69. The normalized spacial score (nSPS) is 23.1. The molecule has 2 aliphatic heterocycles. The summed E-state index contributed by atoms with van der Waals surface area (Å²) in [5.41, 5.74) is 4.32. The topological polar surface area (TPSA) is 222 Å². The first-order valence-electron chi connectivity index (χ1n) is 23.0. The molecule has 8 N–H and O–H groups in total. The molecule has 0 bridgehead atoms.